The van der Waals surface area contributed by atoms with Gasteiger partial charge in [0, 0.05) is 44.6 Å². The summed E-state index contributed by atoms with van der Waals surface area (Å²) < 4.78 is 25.7. The van der Waals surface area contributed by atoms with Crippen molar-refractivity contribution in [2.45, 2.75) is 44.1 Å². The first-order valence-corrected chi connectivity index (χ1v) is 12.6. The summed E-state index contributed by atoms with van der Waals surface area (Å²) in [5.74, 6) is 1.12. The number of nitrogens with zero attached hydrogens (tertiary/aromatic N) is 5. The van der Waals surface area contributed by atoms with Gasteiger partial charge in [-0.25, -0.2) is 28.9 Å². The van der Waals surface area contributed by atoms with Crippen LogP contribution in [0, 0.1) is 0 Å². The molecule has 0 bridgehead atoms. The van der Waals surface area contributed by atoms with Crippen LogP contribution < -0.4 is 31.3 Å². The Kier molecular flexibility index (Phi) is 9.07. The zero-order chi connectivity index (χ0) is 27.1. The molecule has 38 heavy (non-hydrogen) atoms. The fourth-order valence-corrected chi connectivity index (χ4v) is 4.39. The maximum atomic E-state index is 14.9. The van der Waals surface area contributed by atoms with E-state index in [0.717, 1.165) is 6.54 Å². The summed E-state index contributed by atoms with van der Waals surface area (Å²) >= 11 is 0. The van der Waals surface area contributed by atoms with Crippen molar-refractivity contribution >= 4 is 29.4 Å². The minimum absolute atomic E-state index is 0.208. The van der Waals surface area contributed by atoms with Gasteiger partial charge in [-0.2, -0.15) is 0 Å². The number of alkyl halides is 1. The molecule has 4 rings (SSSR count). The largest absolute Gasteiger partial charge is 0.477 e. The van der Waals surface area contributed by atoms with Crippen LogP contribution in [0.4, 0.5) is 31.3 Å². The lowest BCUT2D eigenvalue weighted by molar-refractivity contribution is 0.0780. The number of hydrogen-bond acceptors (Lipinski definition) is 10. The summed E-state index contributed by atoms with van der Waals surface area (Å²) in [6, 6.07) is 1.82. The van der Waals surface area contributed by atoms with Gasteiger partial charge in [0.15, 0.2) is 5.82 Å². The van der Waals surface area contributed by atoms with Crippen molar-refractivity contribution in [3.8, 4) is 5.88 Å². The summed E-state index contributed by atoms with van der Waals surface area (Å²) in [5.41, 5.74) is 6.50. The van der Waals surface area contributed by atoms with Crippen molar-refractivity contribution < 1.29 is 23.5 Å². The third-order valence-corrected chi connectivity index (χ3v) is 6.51. The highest BCUT2D eigenvalue weighted by Crippen LogP contribution is 2.25. The topological polar surface area (TPSA) is 160 Å². The van der Waals surface area contributed by atoms with Crippen LogP contribution in [0.1, 0.15) is 19.8 Å². The second-order valence-electron chi connectivity index (χ2n) is 9.16. The van der Waals surface area contributed by atoms with Crippen molar-refractivity contribution in [1.29, 1.82) is 0 Å². The fraction of sp³-hybridized carbons (Fsp3) is 0.542. The molecular formula is C24H34FN9O4. The van der Waals surface area contributed by atoms with Crippen molar-refractivity contribution in [3.63, 3.8) is 0 Å². The molecule has 2 aliphatic rings. The lowest BCUT2D eigenvalue weighted by atomic mass is 10.0. The van der Waals surface area contributed by atoms with E-state index in [0.29, 0.717) is 43.5 Å². The first-order chi connectivity index (χ1) is 18.3. The first kappa shape index (κ1) is 27.3. The fourth-order valence-electron chi connectivity index (χ4n) is 4.39. The number of carbonyl (C=O) groups is 2. The van der Waals surface area contributed by atoms with E-state index in [1.54, 1.807) is 18.3 Å². The summed E-state index contributed by atoms with van der Waals surface area (Å²) in [7, 11) is 1.53. The molecule has 0 radical (unpaired) electrons. The number of carbonyl (C=O) groups excluding carboxylic acids is 2. The Morgan fingerprint density at radius 2 is 2.11 bits per heavy atom. The van der Waals surface area contributed by atoms with Gasteiger partial charge >= 0.3 is 12.1 Å². The molecule has 2 saturated heterocycles. The quantitative estimate of drug-likeness (QED) is 0.413. The maximum absolute atomic E-state index is 14.9. The van der Waals surface area contributed by atoms with E-state index in [4.69, 9.17) is 15.2 Å². The van der Waals surface area contributed by atoms with Crippen LogP contribution in [0.25, 0.3) is 0 Å². The molecule has 0 saturated carbocycles. The van der Waals surface area contributed by atoms with Crippen LogP contribution >= 0.6 is 0 Å². The molecular weight excluding hydrogens is 497 g/mol. The zero-order valence-electron chi connectivity index (χ0n) is 21.5. The van der Waals surface area contributed by atoms with E-state index in [9.17, 15) is 14.0 Å². The van der Waals surface area contributed by atoms with Crippen LogP contribution in [-0.4, -0.2) is 96.2 Å². The van der Waals surface area contributed by atoms with Crippen molar-refractivity contribution in [2.75, 3.05) is 55.4 Å². The third-order valence-electron chi connectivity index (χ3n) is 6.51. The highest BCUT2D eigenvalue weighted by atomic mass is 19.1. The van der Waals surface area contributed by atoms with Crippen LogP contribution in [0.3, 0.4) is 0 Å². The van der Waals surface area contributed by atoms with Gasteiger partial charge < -0.3 is 30.3 Å². The number of aromatic nitrogens is 3. The minimum Gasteiger partial charge on any atom is -0.477 e. The lowest BCUT2D eigenvalue weighted by Gasteiger charge is -2.40. The normalized spacial score (nSPS) is 23.3. The SMILES string of the molecule is CCOc1cnc(NC(=O)N(C)[C@H]2CN(c3cc(NC(=O)O[C@@H]4CCNC[C@@H]4N)ccn3)CC[C@H]2F)cn1. The van der Waals surface area contributed by atoms with E-state index in [1.165, 1.54) is 24.3 Å². The molecule has 14 heteroatoms. The molecule has 206 valence electrons. The smallest absolute Gasteiger partial charge is 0.411 e. The molecule has 2 aliphatic heterocycles. The number of nitrogens with two attached hydrogens (primary N) is 1. The number of likely N-dealkylation sites (N-methyl/N-ethyl adjacent to an activating group) is 1. The highest BCUT2D eigenvalue weighted by Gasteiger charge is 2.35. The molecule has 0 spiro atoms. The van der Waals surface area contributed by atoms with Crippen LogP contribution in [0.5, 0.6) is 5.88 Å². The average molecular weight is 532 g/mol. The number of urea groups is 1. The second kappa shape index (κ2) is 12.6. The summed E-state index contributed by atoms with van der Waals surface area (Å²) in [6.07, 6.45) is 3.00. The molecule has 2 fully saturated rings. The summed E-state index contributed by atoms with van der Waals surface area (Å²) in [4.78, 5) is 41.0. The lowest BCUT2D eigenvalue weighted by Crippen LogP contribution is -2.55. The van der Waals surface area contributed by atoms with Crippen LogP contribution in [0.2, 0.25) is 0 Å². The van der Waals surface area contributed by atoms with E-state index in [2.05, 4.69) is 30.9 Å². The molecule has 13 nitrogen and oxygen atoms in total. The van der Waals surface area contributed by atoms with Gasteiger partial charge in [-0.1, -0.05) is 0 Å². The van der Waals surface area contributed by atoms with Gasteiger partial charge in [0.2, 0.25) is 5.88 Å². The molecule has 2 aromatic heterocycles. The van der Waals surface area contributed by atoms with Gasteiger partial charge in [0.05, 0.1) is 31.1 Å². The van der Waals surface area contributed by atoms with Gasteiger partial charge in [0.1, 0.15) is 18.1 Å². The number of anilines is 3. The van der Waals surface area contributed by atoms with Crippen LogP contribution in [0.15, 0.2) is 30.7 Å². The van der Waals surface area contributed by atoms with Crippen molar-refractivity contribution in [2.24, 2.45) is 5.73 Å². The minimum atomic E-state index is -1.22. The standard InChI is InChI=1S/C24H34FN9O4/c1-3-37-22-13-29-20(12-30-22)32-23(35)33(2)18-14-34(9-6-16(18)25)21-10-15(4-8-28-21)31-24(36)38-19-5-7-27-11-17(19)26/h4,8,10,12-13,16-19,27H,3,5-7,9,11,14,26H2,1-2H3,(H,28,31,36)(H,29,32,35)/t16-,17+,18+,19-/m1/s1. The van der Waals surface area contributed by atoms with Crippen molar-refractivity contribution in [1.82, 2.24) is 25.2 Å². The average Bonchev–Trinajstić information content (AvgIpc) is 2.91. The Bertz CT molecular complexity index is 1090. The zero-order valence-corrected chi connectivity index (χ0v) is 21.5. The monoisotopic (exact) mass is 531 g/mol. The molecule has 0 aliphatic carbocycles. The molecule has 0 aromatic carbocycles. The molecule has 4 heterocycles. The van der Waals surface area contributed by atoms with E-state index >= 15 is 0 Å². The van der Waals surface area contributed by atoms with Gasteiger partial charge in [-0.05, 0) is 32.4 Å². The predicted molar refractivity (Wildman–Crippen MR) is 139 cm³/mol. The predicted octanol–water partition coefficient (Wildman–Crippen LogP) is 1.59. The number of hydrogen-bond donors (Lipinski definition) is 4. The van der Waals surface area contributed by atoms with Gasteiger partial charge in [-0.3, -0.25) is 10.6 Å². The molecule has 0 unspecified atom stereocenters. The molecule has 5 N–H and O–H groups in total. The molecule has 2 aromatic rings. The van der Waals surface area contributed by atoms with Gasteiger partial charge in [-0.15, -0.1) is 0 Å². The number of nitrogens with one attached hydrogen (secondary N) is 3. The van der Waals surface area contributed by atoms with Crippen molar-refractivity contribution in [3.05, 3.63) is 30.7 Å². The second-order valence-corrected chi connectivity index (χ2v) is 9.16. The van der Waals surface area contributed by atoms with E-state index in [1.807, 2.05) is 11.8 Å². The number of pyridine rings is 1. The number of amides is 3. The number of piperidine rings is 2. The number of ether oxygens (including phenoxy) is 2. The first-order valence-electron chi connectivity index (χ1n) is 12.6. The molecule has 4 atom stereocenters. The van der Waals surface area contributed by atoms with Crippen LogP contribution in [-0.2, 0) is 4.74 Å². The Hall–Kier alpha value is -3.78. The third kappa shape index (κ3) is 6.95. The Morgan fingerprint density at radius 1 is 1.26 bits per heavy atom. The van der Waals surface area contributed by atoms with Gasteiger partial charge in [0.25, 0.3) is 0 Å². The molecule has 3 amide bonds. The Morgan fingerprint density at radius 3 is 2.84 bits per heavy atom. The Balaban J connectivity index is 1.35. The number of rotatable bonds is 7. The Labute approximate surface area is 220 Å². The highest BCUT2D eigenvalue weighted by molar-refractivity contribution is 5.88. The summed E-state index contributed by atoms with van der Waals surface area (Å²) in [5, 5.41) is 8.50. The summed E-state index contributed by atoms with van der Waals surface area (Å²) in [6.45, 7) is 4.22. The maximum Gasteiger partial charge on any atom is 0.411 e. The van der Waals surface area contributed by atoms with E-state index < -0.39 is 24.3 Å². The van der Waals surface area contributed by atoms with E-state index in [-0.39, 0.29) is 30.9 Å². The number of halogens is 1.